The van der Waals surface area contributed by atoms with Crippen molar-refractivity contribution < 1.29 is 13.5 Å². The topological polar surface area (TPSA) is 35.2 Å². The van der Waals surface area contributed by atoms with Gasteiger partial charge in [-0.3, -0.25) is 0 Å². The van der Waals surface area contributed by atoms with E-state index in [1.165, 1.54) is 12.1 Å². The van der Waals surface area contributed by atoms with Crippen molar-refractivity contribution in [1.29, 1.82) is 0 Å². The molecule has 0 saturated heterocycles. The fraction of sp³-hybridized carbons (Fsp3) is 0.200. The van der Waals surface area contributed by atoms with Gasteiger partial charge < -0.3 is 10.5 Å². The molecule has 1 unspecified atom stereocenters. The fourth-order valence-corrected chi connectivity index (χ4v) is 2.03. The number of hydrogen-bond donors (Lipinski definition) is 1. The first kappa shape index (κ1) is 14.8. The first-order chi connectivity index (χ1) is 9.52. The Balaban J connectivity index is 1.90. The van der Waals surface area contributed by atoms with Crippen LogP contribution in [0.15, 0.2) is 42.5 Å². The van der Waals surface area contributed by atoms with Crippen LogP contribution in [0.4, 0.5) is 8.78 Å². The second kappa shape index (κ2) is 6.68. The number of rotatable bonds is 5. The average Bonchev–Trinajstić information content (AvgIpc) is 2.35. The van der Waals surface area contributed by atoms with Crippen LogP contribution in [0.1, 0.15) is 5.56 Å². The summed E-state index contributed by atoms with van der Waals surface area (Å²) in [4.78, 5) is 0. The van der Waals surface area contributed by atoms with Gasteiger partial charge in [-0.25, -0.2) is 8.78 Å². The average molecular weight is 298 g/mol. The van der Waals surface area contributed by atoms with E-state index < -0.39 is 11.6 Å². The Morgan fingerprint density at radius 3 is 2.45 bits per heavy atom. The zero-order valence-electron chi connectivity index (χ0n) is 10.7. The van der Waals surface area contributed by atoms with Gasteiger partial charge in [-0.05, 0) is 42.3 Å². The van der Waals surface area contributed by atoms with Gasteiger partial charge in [0.25, 0.3) is 0 Å². The van der Waals surface area contributed by atoms with Crippen molar-refractivity contribution in [2.24, 2.45) is 5.73 Å². The Morgan fingerprint density at radius 1 is 1.10 bits per heavy atom. The smallest absolute Gasteiger partial charge is 0.126 e. The molecule has 0 spiro atoms. The van der Waals surface area contributed by atoms with Crippen molar-refractivity contribution in [3.05, 3.63) is 64.7 Å². The highest BCUT2D eigenvalue weighted by Gasteiger charge is 2.08. The van der Waals surface area contributed by atoms with Crippen LogP contribution in [-0.2, 0) is 6.42 Å². The molecule has 0 aromatic heterocycles. The largest absolute Gasteiger partial charge is 0.492 e. The minimum atomic E-state index is -0.608. The molecule has 0 fully saturated rings. The summed E-state index contributed by atoms with van der Waals surface area (Å²) < 4.78 is 31.6. The SMILES string of the molecule is NC(COc1cccc(Cl)c1)Cc1cc(F)cc(F)c1. The van der Waals surface area contributed by atoms with E-state index in [4.69, 9.17) is 22.1 Å². The van der Waals surface area contributed by atoms with E-state index in [0.29, 0.717) is 22.8 Å². The maximum Gasteiger partial charge on any atom is 0.126 e. The lowest BCUT2D eigenvalue weighted by molar-refractivity contribution is 0.287. The molecule has 0 heterocycles. The highest BCUT2D eigenvalue weighted by molar-refractivity contribution is 6.30. The molecule has 20 heavy (non-hydrogen) atoms. The van der Waals surface area contributed by atoms with E-state index in [1.807, 2.05) is 0 Å². The number of ether oxygens (including phenoxy) is 1. The molecule has 0 aliphatic carbocycles. The van der Waals surface area contributed by atoms with Gasteiger partial charge in [0.2, 0.25) is 0 Å². The van der Waals surface area contributed by atoms with Crippen LogP contribution in [0.5, 0.6) is 5.75 Å². The molecule has 2 aromatic rings. The van der Waals surface area contributed by atoms with Gasteiger partial charge in [0.05, 0.1) is 0 Å². The molecule has 2 aromatic carbocycles. The molecule has 1 atom stereocenters. The first-order valence-corrected chi connectivity index (χ1v) is 6.49. The third-order valence-electron chi connectivity index (χ3n) is 2.68. The second-order valence-electron chi connectivity index (χ2n) is 4.51. The molecule has 106 valence electrons. The molecule has 0 radical (unpaired) electrons. The fourth-order valence-electron chi connectivity index (χ4n) is 1.85. The van der Waals surface area contributed by atoms with Gasteiger partial charge in [0, 0.05) is 17.1 Å². The molecule has 2 N–H and O–H groups in total. The summed E-state index contributed by atoms with van der Waals surface area (Å²) in [5.41, 5.74) is 6.39. The zero-order chi connectivity index (χ0) is 14.5. The summed E-state index contributed by atoms with van der Waals surface area (Å²) in [6, 6.07) is 9.95. The Bertz CT molecular complexity index is 572. The molecule has 2 nitrogen and oxygen atoms in total. The van der Waals surface area contributed by atoms with Crippen molar-refractivity contribution in [1.82, 2.24) is 0 Å². The van der Waals surface area contributed by atoms with Crippen LogP contribution in [0.3, 0.4) is 0 Å². The van der Waals surface area contributed by atoms with Crippen molar-refractivity contribution >= 4 is 11.6 Å². The molecule has 0 saturated carbocycles. The van der Waals surface area contributed by atoms with E-state index >= 15 is 0 Å². The van der Waals surface area contributed by atoms with E-state index in [0.717, 1.165) is 6.07 Å². The maximum absolute atomic E-state index is 13.0. The van der Waals surface area contributed by atoms with Crippen LogP contribution >= 0.6 is 11.6 Å². The molecule has 0 bridgehead atoms. The van der Waals surface area contributed by atoms with Crippen LogP contribution in [-0.4, -0.2) is 12.6 Å². The van der Waals surface area contributed by atoms with Gasteiger partial charge in [-0.15, -0.1) is 0 Å². The predicted molar refractivity (Wildman–Crippen MR) is 75.0 cm³/mol. The maximum atomic E-state index is 13.0. The summed E-state index contributed by atoms with van der Waals surface area (Å²) >= 11 is 5.83. The molecule has 0 aliphatic heterocycles. The first-order valence-electron chi connectivity index (χ1n) is 6.12. The molecular formula is C15H14ClF2NO. The van der Waals surface area contributed by atoms with E-state index in [-0.39, 0.29) is 12.6 Å². The summed E-state index contributed by atoms with van der Waals surface area (Å²) in [5.74, 6) is -0.607. The summed E-state index contributed by atoms with van der Waals surface area (Å²) in [6.45, 7) is 0.235. The predicted octanol–water partition coefficient (Wildman–Crippen LogP) is 3.57. The van der Waals surface area contributed by atoms with Gasteiger partial charge in [-0.2, -0.15) is 0 Å². The Kier molecular flexibility index (Phi) is 4.93. The van der Waals surface area contributed by atoms with Gasteiger partial charge in [0.1, 0.15) is 24.0 Å². The number of hydrogen-bond acceptors (Lipinski definition) is 2. The molecule has 5 heteroatoms. The third-order valence-corrected chi connectivity index (χ3v) is 2.92. The van der Waals surface area contributed by atoms with Crippen LogP contribution < -0.4 is 10.5 Å². The summed E-state index contributed by atoms with van der Waals surface area (Å²) in [6.07, 6.45) is 0.329. The van der Waals surface area contributed by atoms with Crippen LogP contribution in [0.2, 0.25) is 5.02 Å². The number of halogens is 3. The summed E-state index contributed by atoms with van der Waals surface area (Å²) in [7, 11) is 0. The highest BCUT2D eigenvalue weighted by Crippen LogP contribution is 2.17. The van der Waals surface area contributed by atoms with E-state index in [2.05, 4.69) is 0 Å². The quantitative estimate of drug-likeness (QED) is 0.916. The monoisotopic (exact) mass is 297 g/mol. The highest BCUT2D eigenvalue weighted by atomic mass is 35.5. The minimum absolute atomic E-state index is 0.235. The number of nitrogens with two attached hydrogens (primary N) is 1. The van der Waals surface area contributed by atoms with Gasteiger partial charge in [-0.1, -0.05) is 17.7 Å². The van der Waals surface area contributed by atoms with Gasteiger partial charge >= 0.3 is 0 Å². The Hall–Kier alpha value is -1.65. The normalized spacial score (nSPS) is 12.2. The van der Waals surface area contributed by atoms with Crippen LogP contribution in [0, 0.1) is 11.6 Å². The summed E-state index contributed by atoms with van der Waals surface area (Å²) in [5, 5.41) is 0.572. The molecule has 0 amide bonds. The van der Waals surface area contributed by atoms with Crippen molar-refractivity contribution in [3.63, 3.8) is 0 Å². The Labute approximate surface area is 121 Å². The standard InChI is InChI=1S/C15H14ClF2NO/c16-11-2-1-3-15(7-11)20-9-14(19)6-10-4-12(17)8-13(18)5-10/h1-5,7-8,14H,6,9,19H2. The third kappa shape index (κ3) is 4.47. The van der Waals surface area contributed by atoms with Crippen molar-refractivity contribution in [2.45, 2.75) is 12.5 Å². The zero-order valence-corrected chi connectivity index (χ0v) is 11.4. The molecule has 0 aliphatic rings. The lowest BCUT2D eigenvalue weighted by Gasteiger charge is -2.13. The number of benzene rings is 2. The van der Waals surface area contributed by atoms with E-state index in [1.54, 1.807) is 24.3 Å². The van der Waals surface area contributed by atoms with E-state index in [9.17, 15) is 8.78 Å². The van der Waals surface area contributed by atoms with Gasteiger partial charge in [0.15, 0.2) is 0 Å². The lowest BCUT2D eigenvalue weighted by Crippen LogP contribution is -2.30. The van der Waals surface area contributed by atoms with Crippen molar-refractivity contribution in [3.8, 4) is 5.75 Å². The Morgan fingerprint density at radius 2 is 1.80 bits per heavy atom. The lowest BCUT2D eigenvalue weighted by atomic mass is 10.1. The van der Waals surface area contributed by atoms with Crippen LogP contribution in [0.25, 0.3) is 0 Å². The molecule has 2 rings (SSSR count). The van der Waals surface area contributed by atoms with Crippen molar-refractivity contribution in [2.75, 3.05) is 6.61 Å². The molecular weight excluding hydrogens is 284 g/mol. The minimum Gasteiger partial charge on any atom is -0.492 e. The second-order valence-corrected chi connectivity index (χ2v) is 4.95.